The zero-order chi connectivity index (χ0) is 21.3. The van der Waals surface area contributed by atoms with E-state index in [1.54, 1.807) is 0 Å². The Morgan fingerprint density at radius 2 is 1.86 bits per heavy atom. The molecule has 8 nitrogen and oxygen atoms in total. The predicted octanol–water partition coefficient (Wildman–Crippen LogP) is 2.89. The Hall–Kier alpha value is -1.94. The molecule has 3 atom stereocenters. The Morgan fingerprint density at radius 1 is 1.21 bits per heavy atom. The van der Waals surface area contributed by atoms with Crippen LogP contribution in [-0.2, 0) is 15.8 Å². The summed E-state index contributed by atoms with van der Waals surface area (Å²) in [5.41, 5.74) is -0.820. The smallest absolute Gasteiger partial charge is 0.253 e. The summed E-state index contributed by atoms with van der Waals surface area (Å²) >= 11 is 6.10. The number of hydrogen-bond donors (Lipinski definition) is 3. The van der Waals surface area contributed by atoms with E-state index in [2.05, 4.69) is 17.6 Å². The van der Waals surface area contributed by atoms with Crippen LogP contribution < -0.4 is 21.5 Å². The molecular formula is C19H24ClN3O5S. The summed E-state index contributed by atoms with van der Waals surface area (Å²) in [7, 11) is 0.869. The topological polar surface area (TPSA) is 108 Å². The fraction of sp³-hybridized carbons (Fsp3) is 0.474. The lowest BCUT2D eigenvalue weighted by Crippen LogP contribution is -2.41. The van der Waals surface area contributed by atoms with Gasteiger partial charge in [-0.3, -0.25) is 14.4 Å². The van der Waals surface area contributed by atoms with Gasteiger partial charge < -0.3 is 15.7 Å². The molecule has 2 aromatic rings. The molecule has 1 aliphatic rings. The van der Waals surface area contributed by atoms with E-state index < -0.39 is 21.8 Å². The summed E-state index contributed by atoms with van der Waals surface area (Å²) in [5.74, 6) is 0.00769. The monoisotopic (exact) mass is 441 g/mol. The van der Waals surface area contributed by atoms with Crippen LogP contribution in [0, 0.1) is 5.92 Å². The van der Waals surface area contributed by atoms with E-state index in [4.69, 9.17) is 16.4 Å². The number of hydrogen-bond acceptors (Lipinski definition) is 7. The predicted molar refractivity (Wildman–Crippen MR) is 114 cm³/mol. The Balaban J connectivity index is 1.90. The minimum absolute atomic E-state index is 0.0601. The molecule has 0 heterocycles. The number of nitrogens with zero attached hydrogens (tertiary/aromatic N) is 1. The summed E-state index contributed by atoms with van der Waals surface area (Å²) in [5, 5.41) is 16.7. The van der Waals surface area contributed by atoms with Crippen LogP contribution in [0.5, 0.6) is 5.75 Å². The molecule has 1 saturated carbocycles. The van der Waals surface area contributed by atoms with Crippen molar-refractivity contribution in [2.45, 2.75) is 43.5 Å². The first-order valence-electron chi connectivity index (χ1n) is 9.34. The maximum absolute atomic E-state index is 12.5. The van der Waals surface area contributed by atoms with Crippen molar-refractivity contribution in [2.24, 2.45) is 5.92 Å². The lowest BCUT2D eigenvalue weighted by atomic mass is 9.85. The van der Waals surface area contributed by atoms with Gasteiger partial charge >= 0.3 is 0 Å². The highest BCUT2D eigenvalue weighted by Crippen LogP contribution is 2.38. The molecule has 158 valence electrons. The van der Waals surface area contributed by atoms with E-state index >= 15 is 0 Å². The van der Waals surface area contributed by atoms with Gasteiger partial charge in [0.1, 0.15) is 16.3 Å². The van der Waals surface area contributed by atoms with E-state index in [1.165, 1.54) is 26.3 Å². The average Bonchev–Trinajstić information content (AvgIpc) is 2.72. The van der Waals surface area contributed by atoms with Crippen LogP contribution in [-0.4, -0.2) is 34.0 Å². The number of anilines is 3. The van der Waals surface area contributed by atoms with Crippen molar-refractivity contribution >= 4 is 39.6 Å². The first kappa shape index (κ1) is 21.8. The third-order valence-electron chi connectivity index (χ3n) is 5.36. The van der Waals surface area contributed by atoms with Gasteiger partial charge in [-0.15, -0.1) is 4.47 Å². The van der Waals surface area contributed by atoms with Gasteiger partial charge in [-0.2, -0.15) is 0 Å². The Kier molecular flexibility index (Phi) is 6.62. The third kappa shape index (κ3) is 4.18. The number of benzene rings is 1. The number of rotatable bonds is 7. The van der Waals surface area contributed by atoms with E-state index in [-0.39, 0.29) is 38.8 Å². The number of phenolic OH excluding ortho intramolecular Hbond substituents is 1. The van der Waals surface area contributed by atoms with Gasteiger partial charge in [-0.1, -0.05) is 31.4 Å². The minimum Gasteiger partial charge on any atom is -0.504 e. The second-order valence-electron chi connectivity index (χ2n) is 7.19. The standard InChI is InChI=1S/C19H24ClN3O5S/c1-10-6-4-5-7-12(10)21-14-15(18(26)17(14)25)22-13-9-8-11(20)19(16(13)24)29(27)23(2)28-3/h8-10,12,21-22,24H,4-7H2,1-3H3. The molecule has 0 amide bonds. The fourth-order valence-electron chi connectivity index (χ4n) is 3.51. The van der Waals surface area contributed by atoms with Crippen molar-refractivity contribution < 1.29 is 14.2 Å². The molecule has 1 aliphatic carbocycles. The normalized spacial score (nSPS) is 20.7. The number of halogens is 1. The number of hydroxylamine groups is 1. The van der Waals surface area contributed by atoms with Gasteiger partial charge in [0.25, 0.3) is 10.9 Å². The third-order valence-corrected chi connectivity index (χ3v) is 7.17. The van der Waals surface area contributed by atoms with Crippen LogP contribution >= 0.6 is 11.6 Å². The fourth-order valence-corrected chi connectivity index (χ4v) is 4.76. The Morgan fingerprint density at radius 3 is 2.52 bits per heavy atom. The summed E-state index contributed by atoms with van der Waals surface area (Å²) < 4.78 is 13.5. The largest absolute Gasteiger partial charge is 0.504 e. The average molecular weight is 442 g/mol. The zero-order valence-electron chi connectivity index (χ0n) is 16.5. The highest BCUT2D eigenvalue weighted by molar-refractivity contribution is 7.82. The van der Waals surface area contributed by atoms with Gasteiger partial charge in [0.05, 0.1) is 17.8 Å². The number of phenols is 1. The summed E-state index contributed by atoms with van der Waals surface area (Å²) in [6.07, 6.45) is 4.22. The zero-order valence-corrected chi connectivity index (χ0v) is 18.0. The van der Waals surface area contributed by atoms with Crippen LogP contribution in [0.1, 0.15) is 32.6 Å². The van der Waals surface area contributed by atoms with Crippen molar-refractivity contribution in [1.82, 2.24) is 4.47 Å². The maximum Gasteiger partial charge on any atom is 0.253 e. The molecule has 0 bridgehead atoms. The first-order chi connectivity index (χ1) is 13.8. The molecule has 0 radical (unpaired) electrons. The van der Waals surface area contributed by atoms with Crippen LogP contribution in [0.4, 0.5) is 17.1 Å². The maximum atomic E-state index is 12.5. The van der Waals surface area contributed by atoms with E-state index in [1.807, 2.05) is 0 Å². The van der Waals surface area contributed by atoms with E-state index in [9.17, 15) is 18.9 Å². The molecule has 1 fully saturated rings. The summed E-state index contributed by atoms with van der Waals surface area (Å²) in [6.45, 7) is 2.12. The molecule has 10 heteroatoms. The molecule has 0 aromatic heterocycles. The molecule has 3 unspecified atom stereocenters. The minimum atomic E-state index is -1.89. The van der Waals surface area contributed by atoms with Crippen LogP contribution in [0.2, 0.25) is 5.02 Å². The molecule has 0 aliphatic heterocycles. The SMILES string of the molecule is CON(C)S(=O)c1c(Cl)ccc(Nc2c(NC3CCCCC3C)c(=O)c2=O)c1O. The van der Waals surface area contributed by atoms with Gasteiger partial charge in [0.2, 0.25) is 0 Å². The summed E-state index contributed by atoms with van der Waals surface area (Å²) in [6, 6.07) is 3.02. The van der Waals surface area contributed by atoms with Gasteiger partial charge in [-0.25, -0.2) is 4.21 Å². The Bertz CT molecular complexity index is 1000. The van der Waals surface area contributed by atoms with Crippen LogP contribution in [0.25, 0.3) is 0 Å². The van der Waals surface area contributed by atoms with Crippen molar-refractivity contribution in [1.29, 1.82) is 0 Å². The molecule has 3 rings (SSSR count). The summed E-state index contributed by atoms with van der Waals surface area (Å²) in [4.78, 5) is 29.1. The molecule has 0 spiro atoms. The second kappa shape index (κ2) is 8.83. The van der Waals surface area contributed by atoms with Gasteiger partial charge in [-0.05, 0) is 30.9 Å². The second-order valence-corrected chi connectivity index (χ2v) is 9.02. The van der Waals surface area contributed by atoms with Crippen molar-refractivity contribution in [2.75, 3.05) is 24.8 Å². The van der Waals surface area contributed by atoms with Crippen LogP contribution in [0.3, 0.4) is 0 Å². The molecule has 2 aromatic carbocycles. The molecule has 0 saturated heterocycles. The lowest BCUT2D eigenvalue weighted by Gasteiger charge is -2.31. The van der Waals surface area contributed by atoms with Crippen molar-refractivity contribution in [3.05, 3.63) is 37.6 Å². The van der Waals surface area contributed by atoms with Gasteiger partial charge in [0.15, 0.2) is 16.7 Å². The Labute approximate surface area is 176 Å². The molecule has 3 N–H and O–H groups in total. The molecule has 29 heavy (non-hydrogen) atoms. The van der Waals surface area contributed by atoms with Crippen molar-refractivity contribution in [3.63, 3.8) is 0 Å². The highest BCUT2D eigenvalue weighted by atomic mass is 35.5. The first-order valence-corrected chi connectivity index (χ1v) is 10.8. The number of aromatic hydroxyl groups is 1. The van der Waals surface area contributed by atoms with Crippen molar-refractivity contribution in [3.8, 4) is 5.75 Å². The van der Waals surface area contributed by atoms with Crippen LogP contribution in [0.15, 0.2) is 26.6 Å². The van der Waals surface area contributed by atoms with Gasteiger partial charge in [0, 0.05) is 13.1 Å². The highest BCUT2D eigenvalue weighted by Gasteiger charge is 2.29. The van der Waals surface area contributed by atoms with E-state index in [0.29, 0.717) is 5.92 Å². The lowest BCUT2D eigenvalue weighted by molar-refractivity contribution is -0.0205. The van der Waals surface area contributed by atoms with E-state index in [0.717, 1.165) is 30.2 Å². The molecular weight excluding hydrogens is 418 g/mol. The number of nitrogens with one attached hydrogen (secondary N) is 2. The quantitative estimate of drug-likeness (QED) is 0.344.